The predicted molar refractivity (Wildman–Crippen MR) is 95.4 cm³/mol. The van der Waals surface area contributed by atoms with E-state index in [1.54, 1.807) is 12.1 Å². The van der Waals surface area contributed by atoms with Gasteiger partial charge in [0.25, 0.3) is 5.91 Å². The standard InChI is InChI=1S/C18H20N2O3S/c1-24(22,23)15-8-6-7-14(13-15)18(21)19-16-9-2-3-10-17(16)20-11-4-5-12-20/h2-3,6-10,13H,4-5,11-12H2,1H3,(H,19,21). The molecular formula is C18H20N2O3S. The van der Waals surface area contributed by atoms with E-state index < -0.39 is 9.84 Å². The summed E-state index contributed by atoms with van der Waals surface area (Å²) in [5.74, 6) is -0.313. The number of nitrogens with zero attached hydrogens (tertiary/aromatic N) is 1. The Labute approximate surface area is 142 Å². The second-order valence-electron chi connectivity index (χ2n) is 5.97. The summed E-state index contributed by atoms with van der Waals surface area (Å²) in [5, 5.41) is 2.91. The van der Waals surface area contributed by atoms with Gasteiger partial charge in [0.2, 0.25) is 0 Å². The van der Waals surface area contributed by atoms with Crippen molar-refractivity contribution in [2.45, 2.75) is 17.7 Å². The van der Waals surface area contributed by atoms with Crippen molar-refractivity contribution in [2.75, 3.05) is 29.6 Å². The molecule has 0 unspecified atom stereocenters. The normalized spacial score (nSPS) is 14.6. The van der Waals surface area contributed by atoms with E-state index in [1.165, 1.54) is 12.1 Å². The van der Waals surface area contributed by atoms with Gasteiger partial charge < -0.3 is 10.2 Å². The Balaban J connectivity index is 1.86. The summed E-state index contributed by atoms with van der Waals surface area (Å²) in [6.07, 6.45) is 3.43. The third-order valence-electron chi connectivity index (χ3n) is 4.12. The molecule has 6 heteroatoms. The maximum absolute atomic E-state index is 12.5. The Bertz CT molecular complexity index is 856. The molecule has 0 aliphatic carbocycles. The van der Waals surface area contributed by atoms with Crippen molar-refractivity contribution in [2.24, 2.45) is 0 Å². The first-order chi connectivity index (χ1) is 11.4. The quantitative estimate of drug-likeness (QED) is 0.926. The Morgan fingerprint density at radius 1 is 1.04 bits per heavy atom. The smallest absolute Gasteiger partial charge is 0.255 e. The van der Waals surface area contributed by atoms with Gasteiger partial charge in [-0.15, -0.1) is 0 Å². The first-order valence-corrected chi connectivity index (χ1v) is 9.80. The Morgan fingerprint density at radius 2 is 1.75 bits per heavy atom. The molecule has 1 aliphatic heterocycles. The third-order valence-corrected chi connectivity index (χ3v) is 5.23. The molecule has 0 saturated carbocycles. The fraction of sp³-hybridized carbons (Fsp3) is 0.278. The Kier molecular flexibility index (Phi) is 4.57. The molecule has 1 saturated heterocycles. The maximum Gasteiger partial charge on any atom is 0.255 e. The molecule has 126 valence electrons. The first kappa shape index (κ1) is 16.5. The number of para-hydroxylation sites is 2. The fourth-order valence-corrected chi connectivity index (χ4v) is 3.54. The fourth-order valence-electron chi connectivity index (χ4n) is 2.88. The minimum absolute atomic E-state index is 0.142. The van der Waals surface area contributed by atoms with Crippen LogP contribution in [-0.4, -0.2) is 33.7 Å². The minimum atomic E-state index is -3.34. The molecule has 2 aromatic carbocycles. The van der Waals surface area contributed by atoms with Crippen LogP contribution >= 0.6 is 0 Å². The number of carbonyl (C=O) groups excluding carboxylic acids is 1. The van der Waals surface area contributed by atoms with Crippen LogP contribution in [0, 0.1) is 0 Å². The highest BCUT2D eigenvalue weighted by Gasteiger charge is 2.17. The second-order valence-corrected chi connectivity index (χ2v) is 7.98. The average molecular weight is 344 g/mol. The van der Waals surface area contributed by atoms with Gasteiger partial charge in [-0.05, 0) is 43.2 Å². The molecule has 0 atom stereocenters. The number of hydrogen-bond donors (Lipinski definition) is 1. The van der Waals surface area contributed by atoms with Crippen molar-refractivity contribution in [1.29, 1.82) is 0 Å². The monoisotopic (exact) mass is 344 g/mol. The van der Waals surface area contributed by atoms with Gasteiger partial charge in [0.05, 0.1) is 16.3 Å². The van der Waals surface area contributed by atoms with Gasteiger partial charge in [0.15, 0.2) is 9.84 Å². The van der Waals surface area contributed by atoms with E-state index in [0.29, 0.717) is 5.56 Å². The minimum Gasteiger partial charge on any atom is -0.370 e. The van der Waals surface area contributed by atoms with Gasteiger partial charge >= 0.3 is 0 Å². The van der Waals surface area contributed by atoms with E-state index >= 15 is 0 Å². The summed E-state index contributed by atoms with van der Waals surface area (Å²) >= 11 is 0. The van der Waals surface area contributed by atoms with E-state index in [-0.39, 0.29) is 10.8 Å². The topological polar surface area (TPSA) is 66.5 Å². The van der Waals surface area contributed by atoms with Crippen LogP contribution in [0.1, 0.15) is 23.2 Å². The number of rotatable bonds is 4. The van der Waals surface area contributed by atoms with Crippen molar-refractivity contribution >= 4 is 27.1 Å². The average Bonchev–Trinajstić information content (AvgIpc) is 3.09. The zero-order chi connectivity index (χ0) is 17.2. The lowest BCUT2D eigenvalue weighted by atomic mass is 10.2. The maximum atomic E-state index is 12.5. The van der Waals surface area contributed by atoms with Crippen molar-refractivity contribution in [1.82, 2.24) is 0 Å². The summed E-state index contributed by atoms with van der Waals surface area (Å²) in [5.41, 5.74) is 2.07. The van der Waals surface area contributed by atoms with Crippen molar-refractivity contribution in [3.8, 4) is 0 Å². The van der Waals surface area contributed by atoms with Gasteiger partial charge in [-0.3, -0.25) is 4.79 Å². The number of hydrogen-bond acceptors (Lipinski definition) is 4. The van der Waals surface area contributed by atoms with Crippen LogP contribution in [0.4, 0.5) is 11.4 Å². The second kappa shape index (κ2) is 6.65. The highest BCUT2D eigenvalue weighted by molar-refractivity contribution is 7.90. The van der Waals surface area contributed by atoms with E-state index in [4.69, 9.17) is 0 Å². The molecule has 1 fully saturated rings. The van der Waals surface area contributed by atoms with Crippen molar-refractivity contribution in [3.05, 3.63) is 54.1 Å². The van der Waals surface area contributed by atoms with Crippen LogP contribution in [0.5, 0.6) is 0 Å². The molecule has 1 N–H and O–H groups in total. The molecule has 0 radical (unpaired) electrons. The third kappa shape index (κ3) is 3.59. The van der Waals surface area contributed by atoms with E-state index in [0.717, 1.165) is 43.6 Å². The highest BCUT2D eigenvalue weighted by Crippen LogP contribution is 2.29. The van der Waals surface area contributed by atoms with Gasteiger partial charge in [0, 0.05) is 24.9 Å². The summed E-state index contributed by atoms with van der Waals surface area (Å²) in [7, 11) is -3.34. The zero-order valence-corrected chi connectivity index (χ0v) is 14.3. The number of benzene rings is 2. The SMILES string of the molecule is CS(=O)(=O)c1cccc(C(=O)Nc2ccccc2N2CCCC2)c1. The van der Waals surface area contributed by atoms with Gasteiger partial charge in [-0.2, -0.15) is 0 Å². The van der Waals surface area contributed by atoms with Crippen LogP contribution in [0.2, 0.25) is 0 Å². The summed E-state index contributed by atoms with van der Waals surface area (Å²) < 4.78 is 23.3. The summed E-state index contributed by atoms with van der Waals surface area (Å²) in [4.78, 5) is 14.9. The zero-order valence-electron chi connectivity index (χ0n) is 13.5. The van der Waals surface area contributed by atoms with Crippen LogP contribution in [0.25, 0.3) is 0 Å². The van der Waals surface area contributed by atoms with Crippen molar-refractivity contribution < 1.29 is 13.2 Å². The Hall–Kier alpha value is -2.34. The largest absolute Gasteiger partial charge is 0.370 e. The molecule has 0 spiro atoms. The lowest BCUT2D eigenvalue weighted by molar-refractivity contribution is 0.102. The first-order valence-electron chi connectivity index (χ1n) is 7.90. The molecule has 0 aromatic heterocycles. The molecule has 1 amide bonds. The molecule has 5 nitrogen and oxygen atoms in total. The Morgan fingerprint density at radius 3 is 2.46 bits per heavy atom. The number of carbonyl (C=O) groups is 1. The van der Waals surface area contributed by atoms with E-state index in [1.807, 2.05) is 24.3 Å². The predicted octanol–water partition coefficient (Wildman–Crippen LogP) is 2.94. The number of amides is 1. The highest BCUT2D eigenvalue weighted by atomic mass is 32.2. The van der Waals surface area contributed by atoms with Crippen LogP contribution in [0.15, 0.2) is 53.4 Å². The number of sulfone groups is 1. The summed E-state index contributed by atoms with van der Waals surface area (Å²) in [6.45, 7) is 1.97. The molecule has 2 aromatic rings. The molecule has 1 aliphatic rings. The van der Waals surface area contributed by atoms with Crippen LogP contribution in [-0.2, 0) is 9.84 Å². The van der Waals surface area contributed by atoms with E-state index in [9.17, 15) is 13.2 Å². The molecule has 0 bridgehead atoms. The molecule has 24 heavy (non-hydrogen) atoms. The van der Waals surface area contributed by atoms with Gasteiger partial charge in [-0.25, -0.2) is 8.42 Å². The summed E-state index contributed by atoms with van der Waals surface area (Å²) in [6, 6.07) is 13.8. The molecule has 1 heterocycles. The van der Waals surface area contributed by atoms with Crippen LogP contribution < -0.4 is 10.2 Å². The lowest BCUT2D eigenvalue weighted by Gasteiger charge is -2.21. The van der Waals surface area contributed by atoms with E-state index in [2.05, 4.69) is 10.2 Å². The van der Waals surface area contributed by atoms with Gasteiger partial charge in [0.1, 0.15) is 0 Å². The van der Waals surface area contributed by atoms with Crippen LogP contribution in [0.3, 0.4) is 0 Å². The molecular weight excluding hydrogens is 324 g/mol. The number of nitrogens with one attached hydrogen (secondary N) is 1. The lowest BCUT2D eigenvalue weighted by Crippen LogP contribution is -2.21. The number of anilines is 2. The van der Waals surface area contributed by atoms with Gasteiger partial charge in [-0.1, -0.05) is 18.2 Å². The molecule has 3 rings (SSSR count). The van der Waals surface area contributed by atoms with Crippen molar-refractivity contribution in [3.63, 3.8) is 0 Å².